The number of nitrogens with one attached hydrogen (secondary N) is 1. The molecule has 0 saturated carbocycles. The van der Waals surface area contributed by atoms with Crippen molar-refractivity contribution < 1.29 is 9.90 Å². The van der Waals surface area contributed by atoms with Crippen molar-refractivity contribution in [3.8, 4) is 5.75 Å². The smallest absolute Gasteiger partial charge is 0.271 e. The fraction of sp³-hybridized carbons (Fsp3) is 0.0667. The molecule has 20 heavy (non-hydrogen) atoms. The molecule has 102 valence electrons. The lowest BCUT2D eigenvalue weighted by atomic mass is 10.1. The van der Waals surface area contributed by atoms with E-state index in [1.807, 2.05) is 12.1 Å². The van der Waals surface area contributed by atoms with Crippen LogP contribution in [0.2, 0.25) is 0 Å². The molecule has 0 spiro atoms. The monoisotopic (exact) mass is 332 g/mol. The van der Waals surface area contributed by atoms with E-state index in [9.17, 15) is 9.90 Å². The van der Waals surface area contributed by atoms with Gasteiger partial charge in [-0.25, -0.2) is 5.43 Å². The first kappa shape index (κ1) is 14.3. The van der Waals surface area contributed by atoms with Gasteiger partial charge < -0.3 is 5.11 Å². The second kappa shape index (κ2) is 6.34. The van der Waals surface area contributed by atoms with E-state index in [0.717, 1.165) is 10.0 Å². The highest BCUT2D eigenvalue weighted by Gasteiger charge is 2.05. The molecular formula is C15H13BrN2O2. The van der Waals surface area contributed by atoms with Gasteiger partial charge in [-0.1, -0.05) is 34.1 Å². The normalized spacial score (nSPS) is 11.2. The molecule has 2 aromatic carbocycles. The van der Waals surface area contributed by atoms with Gasteiger partial charge in [-0.05, 0) is 37.3 Å². The Kier molecular flexibility index (Phi) is 4.53. The molecule has 0 aliphatic heterocycles. The number of phenols is 1. The first-order valence-electron chi connectivity index (χ1n) is 5.96. The minimum atomic E-state index is -0.286. The van der Waals surface area contributed by atoms with E-state index in [-0.39, 0.29) is 11.7 Å². The first-order valence-corrected chi connectivity index (χ1v) is 6.75. The maximum atomic E-state index is 11.9. The SMILES string of the molecule is C/C(=N\NC(=O)c1cccc(Br)c1)c1cccc(O)c1. The minimum absolute atomic E-state index is 0.162. The predicted octanol–water partition coefficient (Wildman–Crippen LogP) is 3.31. The van der Waals surface area contributed by atoms with Crippen molar-refractivity contribution in [1.29, 1.82) is 0 Å². The van der Waals surface area contributed by atoms with Crippen molar-refractivity contribution in [3.05, 3.63) is 64.1 Å². The zero-order chi connectivity index (χ0) is 14.5. The Morgan fingerprint density at radius 2 is 1.85 bits per heavy atom. The number of hydrogen-bond donors (Lipinski definition) is 2. The van der Waals surface area contributed by atoms with Gasteiger partial charge in [0.15, 0.2) is 0 Å². The highest BCUT2D eigenvalue weighted by molar-refractivity contribution is 9.10. The van der Waals surface area contributed by atoms with Crippen LogP contribution in [0.5, 0.6) is 5.75 Å². The highest BCUT2D eigenvalue weighted by atomic mass is 79.9. The van der Waals surface area contributed by atoms with Crippen LogP contribution in [-0.4, -0.2) is 16.7 Å². The quantitative estimate of drug-likeness (QED) is 0.669. The molecule has 0 aliphatic rings. The van der Waals surface area contributed by atoms with E-state index in [1.54, 1.807) is 43.3 Å². The van der Waals surface area contributed by atoms with E-state index in [1.165, 1.54) is 0 Å². The van der Waals surface area contributed by atoms with Crippen LogP contribution in [0.25, 0.3) is 0 Å². The average molecular weight is 333 g/mol. The molecule has 4 nitrogen and oxygen atoms in total. The summed E-state index contributed by atoms with van der Waals surface area (Å²) in [6.07, 6.45) is 0. The van der Waals surface area contributed by atoms with Crippen LogP contribution in [-0.2, 0) is 0 Å². The number of aromatic hydroxyl groups is 1. The molecule has 2 rings (SSSR count). The Balaban J connectivity index is 2.11. The molecule has 0 aromatic heterocycles. The van der Waals surface area contributed by atoms with Crippen molar-refractivity contribution in [2.24, 2.45) is 5.10 Å². The van der Waals surface area contributed by atoms with Gasteiger partial charge in [0.25, 0.3) is 5.91 Å². The largest absolute Gasteiger partial charge is 0.508 e. The molecule has 0 saturated heterocycles. The lowest BCUT2D eigenvalue weighted by Gasteiger charge is -2.04. The fourth-order valence-corrected chi connectivity index (χ4v) is 2.02. The molecule has 0 radical (unpaired) electrons. The molecule has 0 fully saturated rings. The van der Waals surface area contributed by atoms with Gasteiger partial charge in [0, 0.05) is 15.6 Å². The van der Waals surface area contributed by atoms with Crippen LogP contribution in [0.4, 0.5) is 0 Å². The van der Waals surface area contributed by atoms with Gasteiger partial charge in [-0.2, -0.15) is 5.10 Å². The number of benzene rings is 2. The Morgan fingerprint density at radius 3 is 2.55 bits per heavy atom. The number of phenolic OH excluding ortho intramolecular Hbond substituents is 1. The maximum Gasteiger partial charge on any atom is 0.271 e. The summed E-state index contributed by atoms with van der Waals surface area (Å²) in [7, 11) is 0. The summed E-state index contributed by atoms with van der Waals surface area (Å²) < 4.78 is 0.832. The summed E-state index contributed by atoms with van der Waals surface area (Å²) in [6.45, 7) is 1.76. The molecular weight excluding hydrogens is 320 g/mol. The van der Waals surface area contributed by atoms with E-state index < -0.39 is 0 Å². The van der Waals surface area contributed by atoms with E-state index in [2.05, 4.69) is 26.5 Å². The van der Waals surface area contributed by atoms with Crippen LogP contribution < -0.4 is 5.43 Å². The topological polar surface area (TPSA) is 61.7 Å². The average Bonchev–Trinajstić information content (AvgIpc) is 2.44. The van der Waals surface area contributed by atoms with Gasteiger partial charge in [-0.15, -0.1) is 0 Å². The molecule has 1 amide bonds. The number of hydrogen-bond acceptors (Lipinski definition) is 3. The minimum Gasteiger partial charge on any atom is -0.508 e. The van der Waals surface area contributed by atoms with Crippen LogP contribution in [0.1, 0.15) is 22.8 Å². The third kappa shape index (κ3) is 3.68. The van der Waals surface area contributed by atoms with Crippen LogP contribution in [0, 0.1) is 0 Å². The fourth-order valence-electron chi connectivity index (χ4n) is 1.62. The number of carbonyl (C=O) groups excluding carboxylic acids is 1. The van der Waals surface area contributed by atoms with Crippen molar-refractivity contribution >= 4 is 27.5 Å². The highest BCUT2D eigenvalue weighted by Crippen LogP contribution is 2.13. The Hall–Kier alpha value is -2.14. The van der Waals surface area contributed by atoms with Crippen LogP contribution in [0.15, 0.2) is 58.1 Å². The van der Waals surface area contributed by atoms with Crippen molar-refractivity contribution in [2.45, 2.75) is 6.92 Å². The second-order valence-electron chi connectivity index (χ2n) is 4.20. The van der Waals surface area contributed by atoms with Crippen LogP contribution in [0.3, 0.4) is 0 Å². The van der Waals surface area contributed by atoms with Gasteiger partial charge in [0.2, 0.25) is 0 Å². The number of hydrazone groups is 1. The predicted molar refractivity (Wildman–Crippen MR) is 81.9 cm³/mol. The molecule has 0 heterocycles. The number of halogens is 1. The van der Waals surface area contributed by atoms with E-state index in [0.29, 0.717) is 11.3 Å². The Labute approximate surface area is 125 Å². The first-order chi connectivity index (χ1) is 9.56. The third-order valence-electron chi connectivity index (χ3n) is 2.68. The van der Waals surface area contributed by atoms with Gasteiger partial charge in [0.1, 0.15) is 5.75 Å². The number of nitrogens with zero attached hydrogens (tertiary/aromatic N) is 1. The second-order valence-corrected chi connectivity index (χ2v) is 5.11. The van der Waals surface area contributed by atoms with Crippen LogP contribution >= 0.6 is 15.9 Å². The molecule has 0 unspecified atom stereocenters. The summed E-state index contributed by atoms with van der Waals surface area (Å²) in [6, 6.07) is 13.8. The number of rotatable bonds is 3. The number of amides is 1. The maximum absolute atomic E-state index is 11.9. The molecule has 0 bridgehead atoms. The molecule has 0 aliphatic carbocycles. The summed E-state index contributed by atoms with van der Waals surface area (Å²) in [4.78, 5) is 11.9. The summed E-state index contributed by atoms with van der Waals surface area (Å²) in [5.41, 5.74) is 4.38. The zero-order valence-corrected chi connectivity index (χ0v) is 12.4. The van der Waals surface area contributed by atoms with Gasteiger partial charge >= 0.3 is 0 Å². The van der Waals surface area contributed by atoms with Gasteiger partial charge in [-0.3, -0.25) is 4.79 Å². The molecule has 0 atom stereocenters. The lowest BCUT2D eigenvalue weighted by molar-refractivity contribution is 0.0955. The Bertz CT molecular complexity index is 668. The zero-order valence-electron chi connectivity index (χ0n) is 10.8. The van der Waals surface area contributed by atoms with Crippen molar-refractivity contribution in [2.75, 3.05) is 0 Å². The van der Waals surface area contributed by atoms with E-state index >= 15 is 0 Å². The van der Waals surface area contributed by atoms with E-state index in [4.69, 9.17) is 0 Å². The summed E-state index contributed by atoms with van der Waals surface area (Å²) >= 11 is 3.31. The summed E-state index contributed by atoms with van der Waals surface area (Å²) in [5.74, 6) is -0.124. The molecule has 2 N–H and O–H groups in total. The summed E-state index contributed by atoms with van der Waals surface area (Å²) in [5, 5.41) is 13.4. The number of carbonyl (C=O) groups is 1. The molecule has 5 heteroatoms. The van der Waals surface area contributed by atoms with Crippen molar-refractivity contribution in [3.63, 3.8) is 0 Å². The third-order valence-corrected chi connectivity index (χ3v) is 3.17. The standard InChI is InChI=1S/C15H13BrN2O2/c1-10(11-4-3-7-14(19)9-11)17-18-15(20)12-5-2-6-13(16)8-12/h2-9,19H,1H3,(H,18,20)/b17-10+. The van der Waals surface area contributed by atoms with Gasteiger partial charge in [0.05, 0.1) is 5.71 Å². The lowest BCUT2D eigenvalue weighted by Crippen LogP contribution is -2.19. The van der Waals surface area contributed by atoms with Crippen molar-refractivity contribution in [1.82, 2.24) is 5.43 Å². The molecule has 2 aromatic rings. The Morgan fingerprint density at radius 1 is 1.15 bits per heavy atom.